The Morgan fingerprint density at radius 1 is 1.19 bits per heavy atom. The second-order valence-corrected chi connectivity index (χ2v) is 8.17. The molecule has 0 saturated carbocycles. The molecular formula is C21H23N7O2S. The number of H-pyrrole nitrogens is 2. The van der Waals surface area contributed by atoms with E-state index in [1.54, 1.807) is 6.20 Å². The molecule has 0 fully saturated rings. The van der Waals surface area contributed by atoms with Crippen LogP contribution < -0.4 is 15.2 Å². The lowest BCUT2D eigenvalue weighted by Crippen LogP contribution is -2.12. The fourth-order valence-corrected chi connectivity index (χ4v) is 3.92. The molecule has 31 heavy (non-hydrogen) atoms. The fraction of sp³-hybridized carbons (Fsp3) is 0.286. The number of hydrogen-bond donors (Lipinski definition) is 2. The summed E-state index contributed by atoms with van der Waals surface area (Å²) in [5.74, 6) is 1.04. The van der Waals surface area contributed by atoms with E-state index in [-0.39, 0.29) is 11.4 Å². The Hall–Kier alpha value is -3.53. The zero-order valence-electron chi connectivity index (χ0n) is 17.5. The number of anilines is 1. The number of nitrogens with one attached hydrogen (secondary N) is 2. The summed E-state index contributed by atoms with van der Waals surface area (Å²) in [7, 11) is 3.85. The Balaban J connectivity index is 1.76. The molecule has 0 bridgehead atoms. The highest BCUT2D eigenvalue weighted by Crippen LogP contribution is 2.36. The summed E-state index contributed by atoms with van der Waals surface area (Å²) < 4.78 is 5.74. The molecule has 0 spiro atoms. The number of nitrogens with zero attached hydrogens (tertiary/aromatic N) is 5. The van der Waals surface area contributed by atoms with Crippen LogP contribution >= 0.6 is 11.3 Å². The number of tetrazole rings is 1. The summed E-state index contributed by atoms with van der Waals surface area (Å²) in [6, 6.07) is 9.61. The summed E-state index contributed by atoms with van der Waals surface area (Å²) in [5.41, 5.74) is 2.32. The first-order valence-electron chi connectivity index (χ1n) is 9.94. The number of rotatable bonds is 8. The van der Waals surface area contributed by atoms with Crippen LogP contribution in [0, 0.1) is 0 Å². The molecule has 3 aromatic heterocycles. The molecule has 0 radical (unpaired) electrons. The third-order valence-electron chi connectivity index (χ3n) is 4.68. The topological polar surface area (TPSA) is 113 Å². The summed E-state index contributed by atoms with van der Waals surface area (Å²) in [6.45, 7) is 2.82. The molecule has 0 saturated heterocycles. The van der Waals surface area contributed by atoms with Gasteiger partial charge in [0.2, 0.25) is 5.82 Å². The van der Waals surface area contributed by atoms with Gasteiger partial charge in [-0.05, 0) is 47.5 Å². The van der Waals surface area contributed by atoms with Gasteiger partial charge in [-0.2, -0.15) is 5.21 Å². The van der Waals surface area contributed by atoms with E-state index in [9.17, 15) is 4.79 Å². The zero-order valence-corrected chi connectivity index (χ0v) is 18.4. The minimum atomic E-state index is -0.294. The van der Waals surface area contributed by atoms with Gasteiger partial charge < -0.3 is 14.6 Å². The van der Waals surface area contributed by atoms with Crippen molar-refractivity contribution in [3.63, 3.8) is 0 Å². The lowest BCUT2D eigenvalue weighted by Gasteiger charge is -2.10. The summed E-state index contributed by atoms with van der Waals surface area (Å²) in [5, 5.41) is 14.9. The van der Waals surface area contributed by atoms with Gasteiger partial charge in [0, 0.05) is 31.5 Å². The van der Waals surface area contributed by atoms with E-state index >= 15 is 0 Å². The Kier molecular flexibility index (Phi) is 6.08. The van der Waals surface area contributed by atoms with Gasteiger partial charge in [-0.1, -0.05) is 24.7 Å². The Morgan fingerprint density at radius 3 is 2.65 bits per heavy atom. The molecular weight excluding hydrogens is 414 g/mol. The van der Waals surface area contributed by atoms with Crippen molar-refractivity contribution in [1.82, 2.24) is 30.6 Å². The van der Waals surface area contributed by atoms with Gasteiger partial charge >= 0.3 is 0 Å². The average Bonchev–Trinajstić information content (AvgIpc) is 3.46. The van der Waals surface area contributed by atoms with Crippen LogP contribution in [0.5, 0.6) is 5.75 Å². The van der Waals surface area contributed by atoms with E-state index in [0.29, 0.717) is 23.4 Å². The molecule has 0 amide bonds. The summed E-state index contributed by atoms with van der Waals surface area (Å²) in [4.78, 5) is 23.2. The Labute approximate surface area is 183 Å². The molecule has 160 valence electrons. The molecule has 0 aliphatic carbocycles. The molecule has 0 aliphatic heterocycles. The highest BCUT2D eigenvalue weighted by molar-refractivity contribution is 7.19. The second-order valence-electron chi connectivity index (χ2n) is 7.16. The van der Waals surface area contributed by atoms with Crippen LogP contribution in [0.1, 0.15) is 19.8 Å². The SMILES string of the molecule is CCCCOc1ccc(-c2cc(-c3cnc(N(C)C)s3)c(-c3nn[nH]n3)c(=O)[nH]2)cc1. The maximum absolute atomic E-state index is 13.1. The van der Waals surface area contributed by atoms with Crippen molar-refractivity contribution in [3.8, 4) is 38.8 Å². The smallest absolute Gasteiger partial charge is 0.260 e. The number of aromatic nitrogens is 6. The number of thiazole rings is 1. The predicted molar refractivity (Wildman–Crippen MR) is 122 cm³/mol. The lowest BCUT2D eigenvalue weighted by atomic mass is 10.0. The van der Waals surface area contributed by atoms with Crippen LogP contribution in [0.25, 0.3) is 33.1 Å². The Morgan fingerprint density at radius 2 is 2.00 bits per heavy atom. The molecule has 3 heterocycles. The molecule has 0 unspecified atom stereocenters. The summed E-state index contributed by atoms with van der Waals surface area (Å²) in [6.07, 6.45) is 3.86. The average molecular weight is 438 g/mol. The number of hydrogen-bond acceptors (Lipinski definition) is 8. The van der Waals surface area contributed by atoms with Crippen LogP contribution in [-0.2, 0) is 0 Å². The number of unbranched alkanes of at least 4 members (excludes halogenated alkanes) is 1. The van der Waals surface area contributed by atoms with Crippen molar-refractivity contribution in [1.29, 1.82) is 0 Å². The molecule has 2 N–H and O–H groups in total. The second kappa shape index (κ2) is 9.09. The molecule has 4 aromatic rings. The fourth-order valence-electron chi connectivity index (χ4n) is 3.06. The van der Waals surface area contributed by atoms with Crippen molar-refractivity contribution in [2.45, 2.75) is 19.8 Å². The van der Waals surface area contributed by atoms with Crippen molar-refractivity contribution in [3.05, 3.63) is 46.9 Å². The predicted octanol–water partition coefficient (Wildman–Crippen LogP) is 3.59. The van der Waals surface area contributed by atoms with Gasteiger partial charge in [0.25, 0.3) is 5.56 Å². The van der Waals surface area contributed by atoms with Crippen molar-refractivity contribution in [2.24, 2.45) is 0 Å². The van der Waals surface area contributed by atoms with Crippen molar-refractivity contribution >= 4 is 16.5 Å². The Bertz CT molecular complexity index is 1200. The number of aromatic amines is 2. The molecule has 10 heteroatoms. The van der Waals surface area contributed by atoms with E-state index in [1.165, 1.54) is 11.3 Å². The zero-order chi connectivity index (χ0) is 21.8. The van der Waals surface area contributed by atoms with Crippen molar-refractivity contribution in [2.75, 3.05) is 25.6 Å². The van der Waals surface area contributed by atoms with Crippen LogP contribution in [-0.4, -0.2) is 51.3 Å². The van der Waals surface area contributed by atoms with E-state index < -0.39 is 0 Å². The van der Waals surface area contributed by atoms with Gasteiger partial charge in [-0.25, -0.2) is 4.98 Å². The van der Waals surface area contributed by atoms with Gasteiger partial charge in [0.15, 0.2) is 5.13 Å². The number of ether oxygens (including phenoxy) is 1. The number of benzene rings is 1. The monoisotopic (exact) mass is 437 g/mol. The van der Waals surface area contributed by atoms with E-state index in [0.717, 1.165) is 34.2 Å². The van der Waals surface area contributed by atoms with Gasteiger partial charge in [-0.3, -0.25) is 4.79 Å². The maximum atomic E-state index is 13.1. The minimum absolute atomic E-state index is 0.238. The lowest BCUT2D eigenvalue weighted by molar-refractivity contribution is 0.309. The minimum Gasteiger partial charge on any atom is -0.494 e. The van der Waals surface area contributed by atoms with E-state index in [2.05, 4.69) is 37.5 Å². The molecule has 9 nitrogen and oxygen atoms in total. The highest BCUT2D eigenvalue weighted by Gasteiger charge is 2.20. The first-order valence-corrected chi connectivity index (χ1v) is 10.8. The highest BCUT2D eigenvalue weighted by atomic mass is 32.1. The van der Waals surface area contributed by atoms with Gasteiger partial charge in [0.1, 0.15) is 5.75 Å². The standard InChI is InChI=1S/C21H23N7O2S/c1-4-5-10-30-14-8-6-13(7-9-14)16-11-15(17-12-22-21(31-17)28(2)3)18(20(29)23-16)19-24-26-27-25-19/h6-9,11-12H,4-5,10H2,1-3H3,(H,23,29)(H,24,25,26,27). The first-order chi connectivity index (χ1) is 15.1. The van der Waals surface area contributed by atoms with Crippen LogP contribution in [0.3, 0.4) is 0 Å². The summed E-state index contributed by atoms with van der Waals surface area (Å²) >= 11 is 1.49. The van der Waals surface area contributed by atoms with E-state index in [4.69, 9.17) is 4.74 Å². The number of pyridine rings is 1. The van der Waals surface area contributed by atoms with Crippen LogP contribution in [0.15, 0.2) is 41.3 Å². The first kappa shape index (κ1) is 20.7. The normalized spacial score (nSPS) is 10.9. The quantitative estimate of drug-likeness (QED) is 0.405. The largest absolute Gasteiger partial charge is 0.494 e. The third kappa shape index (κ3) is 4.48. The van der Waals surface area contributed by atoms with E-state index in [1.807, 2.05) is 49.3 Å². The molecule has 4 rings (SSSR count). The molecule has 0 aliphatic rings. The van der Waals surface area contributed by atoms with Crippen LogP contribution in [0.4, 0.5) is 5.13 Å². The molecule has 0 atom stereocenters. The third-order valence-corrected chi connectivity index (χ3v) is 5.87. The maximum Gasteiger partial charge on any atom is 0.260 e. The molecule has 1 aromatic carbocycles. The van der Waals surface area contributed by atoms with Crippen molar-refractivity contribution < 1.29 is 4.74 Å². The van der Waals surface area contributed by atoms with Crippen LogP contribution in [0.2, 0.25) is 0 Å². The van der Waals surface area contributed by atoms with Gasteiger partial charge in [-0.15, -0.1) is 10.2 Å². The van der Waals surface area contributed by atoms with Gasteiger partial charge in [0.05, 0.1) is 17.0 Å².